The van der Waals surface area contributed by atoms with E-state index in [4.69, 9.17) is 11.6 Å². The first-order valence-corrected chi connectivity index (χ1v) is 6.95. The maximum absolute atomic E-state index is 13.5. The smallest absolute Gasteiger partial charge is 0.191 e. The molecule has 0 fully saturated rings. The van der Waals surface area contributed by atoms with Gasteiger partial charge in [0.1, 0.15) is 16.8 Å². The number of benzene rings is 1. The van der Waals surface area contributed by atoms with E-state index in [2.05, 4.69) is 20.6 Å². The van der Waals surface area contributed by atoms with Crippen molar-refractivity contribution in [3.8, 4) is 0 Å². The minimum absolute atomic E-state index is 0. The Labute approximate surface area is 155 Å². The predicted molar refractivity (Wildman–Crippen MR) is 98.1 cm³/mol. The molecule has 0 saturated heterocycles. The monoisotopic (exact) mass is 452 g/mol. The first kappa shape index (κ1) is 19.6. The van der Waals surface area contributed by atoms with Crippen LogP contribution in [0.15, 0.2) is 41.5 Å². The summed E-state index contributed by atoms with van der Waals surface area (Å²) in [7, 11) is 1.59. The van der Waals surface area contributed by atoms with Crippen molar-refractivity contribution in [3.63, 3.8) is 0 Å². The number of pyridine rings is 1. The van der Waals surface area contributed by atoms with Gasteiger partial charge in [-0.15, -0.1) is 24.0 Å². The molecule has 0 aliphatic carbocycles. The summed E-state index contributed by atoms with van der Waals surface area (Å²) >= 11 is 5.71. The molecule has 0 radical (unpaired) electrons. The standard InChI is InChI=1S/C15H15ClF2N4.HI/c1-19-15(21-8-10-2-5-14(16)20-7-10)22-9-11-6-12(17)3-4-13(11)18;/h2-7H,8-9H2,1H3,(H2,19,21,22);1H. The van der Waals surface area contributed by atoms with E-state index in [1.165, 1.54) is 0 Å². The van der Waals surface area contributed by atoms with Crippen LogP contribution in [0.4, 0.5) is 8.78 Å². The highest BCUT2D eigenvalue weighted by atomic mass is 127. The number of rotatable bonds is 4. The van der Waals surface area contributed by atoms with Gasteiger partial charge in [0.25, 0.3) is 0 Å². The van der Waals surface area contributed by atoms with Gasteiger partial charge < -0.3 is 10.6 Å². The van der Waals surface area contributed by atoms with E-state index in [9.17, 15) is 8.78 Å². The molecule has 0 aliphatic rings. The Bertz CT molecular complexity index is 665. The van der Waals surface area contributed by atoms with Crippen molar-refractivity contribution in [1.82, 2.24) is 15.6 Å². The minimum Gasteiger partial charge on any atom is -0.352 e. The lowest BCUT2D eigenvalue weighted by atomic mass is 10.2. The molecule has 0 unspecified atom stereocenters. The van der Waals surface area contributed by atoms with E-state index in [1.54, 1.807) is 19.3 Å². The molecule has 23 heavy (non-hydrogen) atoms. The Morgan fingerprint density at radius 3 is 2.57 bits per heavy atom. The fraction of sp³-hybridized carbons (Fsp3) is 0.200. The molecule has 8 heteroatoms. The number of nitrogens with zero attached hydrogens (tertiary/aromatic N) is 2. The summed E-state index contributed by atoms with van der Waals surface area (Å²) in [5.74, 6) is -0.474. The van der Waals surface area contributed by atoms with Crippen LogP contribution in [-0.4, -0.2) is 18.0 Å². The number of aromatic nitrogens is 1. The van der Waals surface area contributed by atoms with Crippen molar-refractivity contribution in [2.24, 2.45) is 4.99 Å². The Hall–Kier alpha value is -1.48. The Balaban J connectivity index is 0.00000264. The zero-order chi connectivity index (χ0) is 15.9. The zero-order valence-corrected chi connectivity index (χ0v) is 15.4. The quantitative estimate of drug-likeness (QED) is 0.323. The van der Waals surface area contributed by atoms with Gasteiger partial charge >= 0.3 is 0 Å². The fourth-order valence-corrected chi connectivity index (χ4v) is 1.89. The molecule has 0 atom stereocenters. The van der Waals surface area contributed by atoms with Crippen molar-refractivity contribution in [2.45, 2.75) is 13.1 Å². The SMILES string of the molecule is CN=C(NCc1ccc(Cl)nc1)NCc1cc(F)ccc1F.I. The third-order valence-corrected chi connectivity index (χ3v) is 3.15. The van der Waals surface area contributed by atoms with E-state index < -0.39 is 11.6 Å². The van der Waals surface area contributed by atoms with Crippen LogP contribution in [0, 0.1) is 11.6 Å². The summed E-state index contributed by atoms with van der Waals surface area (Å²) in [5.41, 5.74) is 1.15. The average Bonchev–Trinajstić information content (AvgIpc) is 2.52. The second kappa shape index (κ2) is 9.61. The Kier molecular flexibility index (Phi) is 8.18. The van der Waals surface area contributed by atoms with Crippen LogP contribution < -0.4 is 10.6 Å². The van der Waals surface area contributed by atoms with Gasteiger partial charge in [0.05, 0.1) is 0 Å². The average molecular weight is 453 g/mol. The highest BCUT2D eigenvalue weighted by Crippen LogP contribution is 2.09. The van der Waals surface area contributed by atoms with Crippen LogP contribution in [0.2, 0.25) is 5.15 Å². The molecule has 1 aromatic carbocycles. The number of aliphatic imine (C=N–C) groups is 1. The van der Waals surface area contributed by atoms with Gasteiger partial charge in [-0.1, -0.05) is 17.7 Å². The van der Waals surface area contributed by atoms with Gasteiger partial charge in [-0.2, -0.15) is 0 Å². The van der Waals surface area contributed by atoms with Crippen molar-refractivity contribution in [3.05, 3.63) is 64.4 Å². The van der Waals surface area contributed by atoms with E-state index in [0.717, 1.165) is 23.8 Å². The van der Waals surface area contributed by atoms with Crippen molar-refractivity contribution in [2.75, 3.05) is 7.05 Å². The van der Waals surface area contributed by atoms with Gasteiger partial charge in [0.15, 0.2) is 5.96 Å². The van der Waals surface area contributed by atoms with Crippen LogP contribution in [0.3, 0.4) is 0 Å². The second-order valence-corrected chi connectivity index (χ2v) is 4.89. The van der Waals surface area contributed by atoms with E-state index >= 15 is 0 Å². The summed E-state index contributed by atoms with van der Waals surface area (Å²) in [6, 6.07) is 6.86. The van der Waals surface area contributed by atoms with Gasteiger partial charge in [0.2, 0.25) is 0 Å². The minimum atomic E-state index is -0.478. The van der Waals surface area contributed by atoms with Gasteiger partial charge in [-0.3, -0.25) is 4.99 Å². The second-order valence-electron chi connectivity index (χ2n) is 4.50. The summed E-state index contributed by atoms with van der Waals surface area (Å²) in [4.78, 5) is 7.99. The van der Waals surface area contributed by atoms with Crippen LogP contribution in [0.1, 0.15) is 11.1 Å². The molecule has 1 aromatic heterocycles. The predicted octanol–water partition coefficient (Wildman–Crippen LogP) is 3.50. The third kappa shape index (κ3) is 6.26. The first-order valence-electron chi connectivity index (χ1n) is 6.57. The molecule has 124 valence electrons. The molecule has 2 rings (SSSR count). The number of guanidine groups is 1. The molecule has 0 bridgehead atoms. The number of hydrogen-bond donors (Lipinski definition) is 2. The molecule has 0 aliphatic heterocycles. The molecule has 2 aromatic rings. The first-order chi connectivity index (χ1) is 10.6. The number of hydrogen-bond acceptors (Lipinski definition) is 2. The van der Waals surface area contributed by atoms with Crippen molar-refractivity contribution >= 4 is 41.5 Å². The largest absolute Gasteiger partial charge is 0.352 e. The van der Waals surface area contributed by atoms with Crippen LogP contribution in [0.25, 0.3) is 0 Å². The van der Waals surface area contributed by atoms with Gasteiger partial charge in [-0.05, 0) is 29.8 Å². The van der Waals surface area contributed by atoms with Crippen molar-refractivity contribution in [1.29, 1.82) is 0 Å². The molecular weight excluding hydrogens is 437 g/mol. The summed E-state index contributed by atoms with van der Waals surface area (Å²) < 4.78 is 26.6. The molecule has 1 heterocycles. The Morgan fingerprint density at radius 1 is 1.17 bits per heavy atom. The normalized spacial score (nSPS) is 10.9. The fourth-order valence-electron chi connectivity index (χ4n) is 1.78. The van der Waals surface area contributed by atoms with E-state index in [1.807, 2.05) is 6.07 Å². The molecule has 2 N–H and O–H groups in total. The van der Waals surface area contributed by atoms with Crippen LogP contribution >= 0.6 is 35.6 Å². The zero-order valence-electron chi connectivity index (χ0n) is 12.3. The maximum atomic E-state index is 13.5. The van der Waals surface area contributed by atoms with Crippen LogP contribution in [-0.2, 0) is 13.1 Å². The number of nitrogens with one attached hydrogen (secondary N) is 2. The lowest BCUT2D eigenvalue weighted by Crippen LogP contribution is -2.36. The lowest BCUT2D eigenvalue weighted by molar-refractivity contribution is 0.581. The third-order valence-electron chi connectivity index (χ3n) is 2.93. The highest BCUT2D eigenvalue weighted by Gasteiger charge is 2.05. The summed E-state index contributed by atoms with van der Waals surface area (Å²) in [5, 5.41) is 6.39. The molecule has 0 saturated carbocycles. The maximum Gasteiger partial charge on any atom is 0.191 e. The molecule has 4 nitrogen and oxygen atoms in total. The van der Waals surface area contributed by atoms with Gasteiger partial charge in [0, 0.05) is 31.9 Å². The lowest BCUT2D eigenvalue weighted by Gasteiger charge is -2.12. The van der Waals surface area contributed by atoms with Gasteiger partial charge in [-0.25, -0.2) is 13.8 Å². The molecule has 0 spiro atoms. The topological polar surface area (TPSA) is 49.3 Å². The van der Waals surface area contributed by atoms with E-state index in [0.29, 0.717) is 17.7 Å². The Morgan fingerprint density at radius 2 is 1.91 bits per heavy atom. The van der Waals surface area contributed by atoms with Crippen molar-refractivity contribution < 1.29 is 8.78 Å². The van der Waals surface area contributed by atoms with E-state index in [-0.39, 0.29) is 36.1 Å². The van der Waals surface area contributed by atoms with Crippen LogP contribution in [0.5, 0.6) is 0 Å². The summed E-state index contributed by atoms with van der Waals surface area (Å²) in [6.07, 6.45) is 1.65. The molecular formula is C15H16ClF2IN4. The summed E-state index contributed by atoms with van der Waals surface area (Å²) in [6.45, 7) is 0.609. The number of halogens is 4. The highest BCUT2D eigenvalue weighted by molar-refractivity contribution is 14.0. The molecule has 0 amide bonds.